The molecule has 1 heterocycles. The van der Waals surface area contributed by atoms with Crippen LogP contribution < -0.4 is 0 Å². The number of rotatable bonds is 4. The van der Waals surface area contributed by atoms with Gasteiger partial charge in [0.15, 0.2) is 5.54 Å². The van der Waals surface area contributed by atoms with E-state index in [1.165, 1.54) is 0 Å². The lowest BCUT2D eigenvalue weighted by Gasteiger charge is -2.39. The van der Waals surface area contributed by atoms with Crippen molar-refractivity contribution in [2.24, 2.45) is 0 Å². The summed E-state index contributed by atoms with van der Waals surface area (Å²) in [5.74, 6) is 2.16. The van der Waals surface area contributed by atoms with Crippen LogP contribution in [0.15, 0.2) is 66.7 Å². The highest BCUT2D eigenvalue weighted by Crippen LogP contribution is 2.32. The molecule has 0 bridgehead atoms. The van der Waals surface area contributed by atoms with Crippen molar-refractivity contribution in [3.8, 4) is 6.07 Å². The molecule has 1 unspecified atom stereocenters. The maximum Gasteiger partial charge on any atom is 0.153 e. The van der Waals surface area contributed by atoms with Crippen molar-refractivity contribution in [1.29, 1.82) is 5.26 Å². The molecule has 0 amide bonds. The van der Waals surface area contributed by atoms with E-state index in [1.54, 1.807) is 0 Å². The molecule has 116 valence electrons. The van der Waals surface area contributed by atoms with Crippen molar-refractivity contribution >= 4 is 17.8 Å². The van der Waals surface area contributed by atoms with E-state index in [9.17, 15) is 5.26 Å². The van der Waals surface area contributed by atoms with Gasteiger partial charge >= 0.3 is 0 Å². The third-order valence-corrected chi connectivity index (χ3v) is 5.15. The number of thioether (sulfide) groups is 1. The molecule has 2 aromatic carbocycles. The van der Waals surface area contributed by atoms with Crippen LogP contribution in [0.2, 0.25) is 0 Å². The van der Waals surface area contributed by atoms with Crippen LogP contribution in [-0.2, 0) is 5.54 Å². The van der Waals surface area contributed by atoms with Gasteiger partial charge in [-0.15, -0.1) is 0 Å². The largest absolute Gasteiger partial charge is 0.277 e. The smallest absolute Gasteiger partial charge is 0.153 e. The Labute approximate surface area is 142 Å². The Morgan fingerprint density at radius 3 is 2.17 bits per heavy atom. The molecular weight excluding hydrogens is 300 g/mol. The first-order chi connectivity index (χ1) is 11.3. The van der Waals surface area contributed by atoms with Gasteiger partial charge in [0.05, 0.1) is 6.07 Å². The van der Waals surface area contributed by atoms with Gasteiger partial charge in [-0.05, 0) is 17.2 Å². The zero-order valence-electron chi connectivity index (χ0n) is 13.1. The Bertz CT molecular complexity index is 685. The normalized spacial score (nSPS) is 18.4. The molecule has 3 rings (SSSR count). The van der Waals surface area contributed by atoms with Gasteiger partial charge in [0.1, 0.15) is 0 Å². The molecule has 1 atom stereocenters. The highest BCUT2D eigenvalue weighted by atomic mass is 32.2. The molecular formula is C20H20N2S. The second kappa shape index (κ2) is 7.50. The number of nitriles is 1. The van der Waals surface area contributed by atoms with Gasteiger partial charge in [-0.25, -0.2) is 0 Å². The molecule has 3 heteroatoms. The fourth-order valence-electron chi connectivity index (χ4n) is 2.95. The molecule has 1 fully saturated rings. The van der Waals surface area contributed by atoms with Crippen LogP contribution in [0.25, 0.3) is 6.08 Å². The lowest BCUT2D eigenvalue weighted by Crippen LogP contribution is -2.48. The summed E-state index contributed by atoms with van der Waals surface area (Å²) in [6.07, 6.45) is 4.13. The molecule has 0 aliphatic carbocycles. The number of nitrogens with zero attached hydrogens (tertiary/aromatic N) is 2. The Kier molecular flexibility index (Phi) is 5.17. The lowest BCUT2D eigenvalue weighted by atomic mass is 9.88. The topological polar surface area (TPSA) is 27.0 Å². The van der Waals surface area contributed by atoms with Gasteiger partial charge in [0.2, 0.25) is 0 Å². The maximum absolute atomic E-state index is 10.1. The summed E-state index contributed by atoms with van der Waals surface area (Å²) in [6, 6.07) is 22.9. The van der Waals surface area contributed by atoms with E-state index < -0.39 is 5.54 Å². The van der Waals surface area contributed by atoms with Crippen LogP contribution in [0.5, 0.6) is 0 Å². The molecule has 0 saturated carbocycles. The van der Waals surface area contributed by atoms with Crippen molar-refractivity contribution in [3.63, 3.8) is 0 Å². The first-order valence-corrected chi connectivity index (χ1v) is 9.04. The first-order valence-electron chi connectivity index (χ1n) is 7.89. The van der Waals surface area contributed by atoms with Gasteiger partial charge < -0.3 is 0 Å². The van der Waals surface area contributed by atoms with Crippen LogP contribution in [0.3, 0.4) is 0 Å². The number of benzene rings is 2. The van der Waals surface area contributed by atoms with E-state index in [0.717, 1.165) is 35.7 Å². The molecule has 1 aliphatic rings. The predicted molar refractivity (Wildman–Crippen MR) is 98.1 cm³/mol. The highest BCUT2D eigenvalue weighted by molar-refractivity contribution is 7.99. The van der Waals surface area contributed by atoms with Gasteiger partial charge in [-0.3, -0.25) is 4.90 Å². The Morgan fingerprint density at radius 2 is 1.57 bits per heavy atom. The minimum atomic E-state index is -0.696. The number of hydrogen-bond acceptors (Lipinski definition) is 3. The zero-order chi connectivity index (χ0) is 16.0. The summed E-state index contributed by atoms with van der Waals surface area (Å²) < 4.78 is 0. The minimum absolute atomic E-state index is 0.696. The third-order valence-electron chi connectivity index (χ3n) is 4.21. The molecule has 0 N–H and O–H groups in total. The highest BCUT2D eigenvalue weighted by Gasteiger charge is 2.37. The van der Waals surface area contributed by atoms with E-state index in [4.69, 9.17) is 0 Å². The quantitative estimate of drug-likeness (QED) is 0.846. The molecule has 2 nitrogen and oxygen atoms in total. The fourth-order valence-corrected chi connectivity index (χ4v) is 3.85. The van der Waals surface area contributed by atoms with E-state index in [0.29, 0.717) is 0 Å². The van der Waals surface area contributed by atoms with Crippen LogP contribution in [0.1, 0.15) is 11.1 Å². The van der Waals surface area contributed by atoms with Gasteiger partial charge in [0, 0.05) is 24.6 Å². The second-order valence-corrected chi connectivity index (χ2v) is 6.81. The first kappa shape index (κ1) is 15.9. The van der Waals surface area contributed by atoms with E-state index >= 15 is 0 Å². The predicted octanol–water partition coefficient (Wildman–Crippen LogP) is 4.17. The standard InChI is InChI=1S/C20H20N2S/c21-17-20(19-9-5-2-6-10-19,22-13-15-23-16-14-22)12-11-18-7-3-1-4-8-18/h1-12H,13-16H2/b12-11-. The summed E-state index contributed by atoms with van der Waals surface area (Å²) in [6.45, 7) is 1.87. The molecule has 0 radical (unpaired) electrons. The summed E-state index contributed by atoms with van der Waals surface area (Å²) in [4.78, 5) is 2.30. The maximum atomic E-state index is 10.1. The Balaban J connectivity index is 2.02. The Hall–Kier alpha value is -2.02. The number of hydrogen-bond donors (Lipinski definition) is 0. The van der Waals surface area contributed by atoms with Crippen molar-refractivity contribution < 1.29 is 0 Å². The van der Waals surface area contributed by atoms with E-state index in [-0.39, 0.29) is 0 Å². The molecule has 2 aromatic rings. The van der Waals surface area contributed by atoms with E-state index in [2.05, 4.69) is 47.4 Å². The van der Waals surface area contributed by atoms with Gasteiger partial charge in [-0.1, -0.05) is 66.7 Å². The third kappa shape index (κ3) is 3.50. The van der Waals surface area contributed by atoms with Gasteiger partial charge in [0.25, 0.3) is 0 Å². The van der Waals surface area contributed by atoms with Crippen LogP contribution in [-0.4, -0.2) is 29.5 Å². The van der Waals surface area contributed by atoms with Crippen molar-refractivity contribution in [2.45, 2.75) is 5.54 Å². The minimum Gasteiger partial charge on any atom is -0.277 e. The van der Waals surface area contributed by atoms with Crippen LogP contribution in [0, 0.1) is 11.3 Å². The molecule has 1 saturated heterocycles. The van der Waals surface area contributed by atoms with Gasteiger partial charge in [-0.2, -0.15) is 17.0 Å². The van der Waals surface area contributed by atoms with Crippen molar-refractivity contribution in [1.82, 2.24) is 4.90 Å². The summed E-state index contributed by atoms with van der Waals surface area (Å²) in [7, 11) is 0. The van der Waals surface area contributed by atoms with Crippen molar-refractivity contribution in [3.05, 3.63) is 77.9 Å². The SMILES string of the molecule is N#CC(/C=C\c1ccccc1)(c1ccccc1)N1CCSCC1. The molecule has 0 spiro atoms. The second-order valence-electron chi connectivity index (χ2n) is 5.59. The average Bonchev–Trinajstić information content (AvgIpc) is 2.65. The summed E-state index contributed by atoms with van der Waals surface area (Å²) in [5, 5.41) is 10.1. The summed E-state index contributed by atoms with van der Waals surface area (Å²) >= 11 is 1.96. The lowest BCUT2D eigenvalue weighted by molar-refractivity contribution is 0.197. The van der Waals surface area contributed by atoms with Crippen molar-refractivity contribution in [2.75, 3.05) is 24.6 Å². The fraction of sp³-hybridized carbons (Fsp3) is 0.250. The van der Waals surface area contributed by atoms with E-state index in [1.807, 2.05) is 48.2 Å². The van der Waals surface area contributed by atoms with Crippen LogP contribution in [0.4, 0.5) is 0 Å². The Morgan fingerprint density at radius 1 is 0.957 bits per heavy atom. The average molecular weight is 320 g/mol. The monoisotopic (exact) mass is 320 g/mol. The zero-order valence-corrected chi connectivity index (χ0v) is 13.9. The molecule has 1 aliphatic heterocycles. The summed E-state index contributed by atoms with van der Waals surface area (Å²) in [5.41, 5.74) is 1.47. The molecule has 23 heavy (non-hydrogen) atoms. The van der Waals surface area contributed by atoms with Crippen LogP contribution >= 0.6 is 11.8 Å². The molecule has 0 aromatic heterocycles.